The molecule has 6 rings (SSSR count). The fraction of sp³-hybridized carbons (Fsp3) is 0. The summed E-state index contributed by atoms with van der Waals surface area (Å²) >= 11 is -0.181. The molecule has 43 heavy (non-hydrogen) atoms. The van der Waals surface area contributed by atoms with E-state index in [1.165, 1.54) is 0 Å². The van der Waals surface area contributed by atoms with Crippen LogP contribution in [0.15, 0.2) is 182 Å². The standard InChI is InChI=1S/2C18H15OP.2ClH.Cr/c2*19-20(16-10-4-1-5-11-16,17-12-6-2-7-13-17)18-14-8-3-9-15-18;;;/h2*1-15H;2*1H;/q;;;;+2/p-2. The molecule has 0 saturated heterocycles. The van der Waals surface area contributed by atoms with Gasteiger partial charge >= 0.3 is 33.5 Å². The summed E-state index contributed by atoms with van der Waals surface area (Å²) < 4.78 is 27.6. The molecule has 0 aliphatic rings. The van der Waals surface area contributed by atoms with Crippen LogP contribution in [0.2, 0.25) is 0 Å². The van der Waals surface area contributed by atoms with E-state index in [1.807, 2.05) is 182 Å². The third kappa shape index (κ3) is 8.09. The van der Waals surface area contributed by atoms with Crippen LogP contribution in [0.5, 0.6) is 0 Å². The summed E-state index contributed by atoms with van der Waals surface area (Å²) in [6, 6.07) is 58.3. The molecule has 0 bridgehead atoms. The second kappa shape index (κ2) is 16.7. The van der Waals surface area contributed by atoms with Crippen molar-refractivity contribution in [2.75, 3.05) is 0 Å². The van der Waals surface area contributed by atoms with Crippen LogP contribution in [-0.2, 0) is 22.5 Å². The average molecular weight is 679 g/mol. The van der Waals surface area contributed by atoms with Gasteiger partial charge < -0.3 is 9.13 Å². The van der Waals surface area contributed by atoms with Crippen molar-refractivity contribution < 1.29 is 22.5 Å². The zero-order valence-electron chi connectivity index (χ0n) is 23.2. The number of benzene rings is 6. The van der Waals surface area contributed by atoms with Gasteiger partial charge in [0.05, 0.1) is 0 Å². The molecule has 0 N–H and O–H groups in total. The van der Waals surface area contributed by atoms with Crippen LogP contribution in [0.4, 0.5) is 0 Å². The Morgan fingerprint density at radius 2 is 0.419 bits per heavy atom. The second-order valence-electron chi connectivity index (χ2n) is 9.29. The first-order chi connectivity index (χ1) is 21.0. The van der Waals surface area contributed by atoms with E-state index < -0.39 is 14.3 Å². The molecule has 0 fully saturated rings. The van der Waals surface area contributed by atoms with E-state index in [2.05, 4.69) is 0 Å². The van der Waals surface area contributed by atoms with Crippen LogP contribution >= 0.6 is 34.4 Å². The third-order valence-electron chi connectivity index (χ3n) is 6.72. The Balaban J connectivity index is 0.000000181. The van der Waals surface area contributed by atoms with Gasteiger partial charge in [-0.3, -0.25) is 0 Å². The van der Waals surface area contributed by atoms with Crippen molar-refractivity contribution in [3.63, 3.8) is 0 Å². The van der Waals surface area contributed by atoms with Crippen molar-refractivity contribution in [2.24, 2.45) is 0 Å². The molecule has 0 radical (unpaired) electrons. The van der Waals surface area contributed by atoms with Crippen molar-refractivity contribution in [1.82, 2.24) is 0 Å². The monoisotopic (exact) mass is 678 g/mol. The molecule has 0 saturated carbocycles. The van der Waals surface area contributed by atoms with Crippen molar-refractivity contribution in [1.29, 1.82) is 0 Å². The topological polar surface area (TPSA) is 34.1 Å². The van der Waals surface area contributed by atoms with Crippen molar-refractivity contribution >= 4 is 66.2 Å². The summed E-state index contributed by atoms with van der Waals surface area (Å²) in [5, 5.41) is 5.24. The van der Waals surface area contributed by atoms with Crippen LogP contribution in [-0.4, -0.2) is 0 Å². The second-order valence-corrected chi connectivity index (χ2v) is 16.9. The summed E-state index contributed by atoms with van der Waals surface area (Å²) in [7, 11) is 4.10. The van der Waals surface area contributed by atoms with Gasteiger partial charge in [0.2, 0.25) is 0 Å². The molecule has 0 spiro atoms. The Kier molecular flexibility index (Phi) is 12.7. The summed E-state index contributed by atoms with van der Waals surface area (Å²) in [4.78, 5) is 0. The van der Waals surface area contributed by atoms with Crippen LogP contribution in [0.1, 0.15) is 0 Å². The van der Waals surface area contributed by atoms with E-state index >= 15 is 0 Å². The molecule has 0 heterocycles. The van der Waals surface area contributed by atoms with Crippen LogP contribution in [0.3, 0.4) is 0 Å². The molecule has 216 valence electrons. The van der Waals surface area contributed by atoms with Gasteiger partial charge in [-0.15, -0.1) is 0 Å². The molecule has 0 aromatic heterocycles. The normalized spacial score (nSPS) is 10.8. The first-order valence-corrected chi connectivity index (χ1v) is 20.4. The summed E-state index contributed by atoms with van der Waals surface area (Å²) in [6.07, 6.45) is 0. The first-order valence-electron chi connectivity index (χ1n) is 13.5. The summed E-state index contributed by atoms with van der Waals surface area (Å²) in [5.74, 6) is 0. The van der Waals surface area contributed by atoms with E-state index in [0.717, 1.165) is 31.8 Å². The van der Waals surface area contributed by atoms with Gasteiger partial charge in [0.15, 0.2) is 14.3 Å². The molecular weight excluding hydrogens is 649 g/mol. The maximum absolute atomic E-state index is 13.8. The van der Waals surface area contributed by atoms with Gasteiger partial charge in [0.25, 0.3) is 0 Å². The Morgan fingerprint density at radius 3 is 0.535 bits per heavy atom. The predicted octanol–water partition coefficient (Wildman–Crippen LogP) is 8.03. The number of halogens is 2. The van der Waals surface area contributed by atoms with E-state index in [0.29, 0.717) is 0 Å². The Bertz CT molecular complexity index is 1400. The number of hydrogen-bond donors (Lipinski definition) is 0. The molecule has 0 atom stereocenters. The van der Waals surface area contributed by atoms with Gasteiger partial charge in [-0.1, -0.05) is 182 Å². The van der Waals surface area contributed by atoms with Gasteiger partial charge in [-0.25, -0.2) is 0 Å². The zero-order chi connectivity index (χ0) is 30.4. The van der Waals surface area contributed by atoms with Gasteiger partial charge in [0.1, 0.15) is 0 Å². The predicted molar refractivity (Wildman–Crippen MR) is 183 cm³/mol. The van der Waals surface area contributed by atoms with Gasteiger partial charge in [0, 0.05) is 31.8 Å². The maximum atomic E-state index is 13.8. The summed E-state index contributed by atoms with van der Waals surface area (Å²) in [5.41, 5.74) is 0. The van der Waals surface area contributed by atoms with Crippen LogP contribution < -0.4 is 31.8 Å². The Hall–Kier alpha value is -3.11. The first kappa shape index (κ1) is 32.8. The molecule has 0 amide bonds. The van der Waals surface area contributed by atoms with E-state index in [-0.39, 0.29) is 13.4 Å². The minimum atomic E-state index is -2.78. The van der Waals surface area contributed by atoms with Crippen molar-refractivity contribution in [3.8, 4) is 0 Å². The zero-order valence-corrected chi connectivity index (χ0v) is 27.8. The SMILES string of the molecule is O=P(c1ccccc1)(c1ccccc1)c1ccccc1.O=P(c1ccccc1)(c1ccccc1)c1ccccc1.[Cl][Cr][Cl]. The van der Waals surface area contributed by atoms with Gasteiger partial charge in [-0.2, -0.15) is 0 Å². The Labute approximate surface area is 269 Å². The molecule has 0 aliphatic carbocycles. The number of hydrogen-bond acceptors (Lipinski definition) is 2. The molecule has 2 nitrogen and oxygen atoms in total. The van der Waals surface area contributed by atoms with E-state index in [1.54, 1.807) is 0 Å². The van der Waals surface area contributed by atoms with Crippen LogP contribution in [0.25, 0.3) is 0 Å². The molecule has 7 heteroatoms. The molecular formula is C36H30Cl2CrO2P2. The molecule has 0 unspecified atom stereocenters. The van der Waals surface area contributed by atoms with E-state index in [9.17, 15) is 9.13 Å². The quantitative estimate of drug-likeness (QED) is 0.167. The van der Waals surface area contributed by atoms with Crippen molar-refractivity contribution in [3.05, 3.63) is 182 Å². The molecule has 6 aromatic rings. The van der Waals surface area contributed by atoms with Crippen LogP contribution in [0, 0.1) is 0 Å². The van der Waals surface area contributed by atoms with Crippen molar-refractivity contribution in [2.45, 2.75) is 0 Å². The number of rotatable bonds is 6. The molecule has 0 aliphatic heterocycles. The van der Waals surface area contributed by atoms with Gasteiger partial charge in [-0.05, 0) is 0 Å². The Morgan fingerprint density at radius 1 is 0.302 bits per heavy atom. The minimum absolute atomic E-state index is 0.181. The molecule has 6 aromatic carbocycles. The average Bonchev–Trinajstić information content (AvgIpc) is 3.10. The van der Waals surface area contributed by atoms with E-state index in [4.69, 9.17) is 20.1 Å². The fourth-order valence-corrected chi connectivity index (χ4v) is 10.1. The fourth-order valence-electron chi connectivity index (χ4n) is 4.72. The third-order valence-corrected chi connectivity index (χ3v) is 12.9. The summed E-state index contributed by atoms with van der Waals surface area (Å²) in [6.45, 7) is 0.